The van der Waals surface area contributed by atoms with Crippen LogP contribution in [0.25, 0.3) is 11.0 Å². The number of aromatic amines is 1. The van der Waals surface area contributed by atoms with Crippen LogP contribution in [0.2, 0.25) is 0 Å². The van der Waals surface area contributed by atoms with E-state index in [4.69, 9.17) is 0 Å². The summed E-state index contributed by atoms with van der Waals surface area (Å²) in [4.78, 5) is 20.3. The van der Waals surface area contributed by atoms with E-state index in [2.05, 4.69) is 20.6 Å². The van der Waals surface area contributed by atoms with Crippen molar-refractivity contribution < 1.29 is 4.79 Å². The topological polar surface area (TPSA) is 69.8 Å². The average Bonchev–Trinajstić information content (AvgIpc) is 3.21. The van der Waals surface area contributed by atoms with Crippen LogP contribution in [-0.2, 0) is 11.2 Å². The van der Waals surface area contributed by atoms with Gasteiger partial charge in [-0.3, -0.25) is 4.79 Å². The van der Waals surface area contributed by atoms with Crippen molar-refractivity contribution in [3.05, 3.63) is 30.1 Å². The molecule has 144 valence electrons. The molecule has 0 spiro atoms. The highest BCUT2D eigenvalue weighted by molar-refractivity contribution is 5.85. The standard InChI is InChI=1S/C19H26N4O.2ClH/c24-19(17-12-13-6-1-2-7-14(13)21-17)20-11-5-10-18-22-15-8-3-4-9-16(15)23-18;;/h3-4,8-9,13-14,17,21H,1-2,5-7,10-12H2,(H,20,24)(H,22,23);2*1H. The number of benzene rings is 1. The van der Waals surface area contributed by atoms with Crippen LogP contribution >= 0.6 is 24.8 Å². The second-order valence-corrected chi connectivity index (χ2v) is 7.20. The number of para-hydroxylation sites is 2. The summed E-state index contributed by atoms with van der Waals surface area (Å²) < 4.78 is 0. The van der Waals surface area contributed by atoms with Crippen molar-refractivity contribution in [1.29, 1.82) is 0 Å². The summed E-state index contributed by atoms with van der Waals surface area (Å²) in [6, 6.07) is 8.66. The molecule has 5 nitrogen and oxygen atoms in total. The maximum absolute atomic E-state index is 12.3. The van der Waals surface area contributed by atoms with Crippen molar-refractivity contribution in [3.63, 3.8) is 0 Å². The first kappa shape index (κ1) is 21.0. The zero-order valence-electron chi connectivity index (χ0n) is 14.9. The first-order valence-corrected chi connectivity index (χ1v) is 9.27. The molecule has 3 unspecified atom stereocenters. The van der Waals surface area contributed by atoms with Crippen molar-refractivity contribution >= 4 is 41.8 Å². The molecule has 0 radical (unpaired) electrons. The molecule has 2 heterocycles. The molecule has 1 amide bonds. The minimum absolute atomic E-state index is 0. The van der Waals surface area contributed by atoms with Crippen LogP contribution in [0.15, 0.2) is 24.3 Å². The number of nitrogens with zero attached hydrogens (tertiary/aromatic N) is 1. The number of hydrogen-bond donors (Lipinski definition) is 3. The zero-order chi connectivity index (χ0) is 16.4. The maximum atomic E-state index is 12.3. The predicted molar refractivity (Wildman–Crippen MR) is 109 cm³/mol. The number of hydrogen-bond acceptors (Lipinski definition) is 3. The van der Waals surface area contributed by atoms with E-state index >= 15 is 0 Å². The first-order chi connectivity index (χ1) is 11.8. The summed E-state index contributed by atoms with van der Waals surface area (Å²) in [5.74, 6) is 1.88. The van der Waals surface area contributed by atoms with Crippen LogP contribution in [0.1, 0.15) is 44.3 Å². The third kappa shape index (κ3) is 4.70. The highest BCUT2D eigenvalue weighted by Crippen LogP contribution is 2.33. The smallest absolute Gasteiger partial charge is 0.237 e. The molecule has 3 N–H and O–H groups in total. The number of fused-ring (bicyclic) bond motifs is 2. The summed E-state index contributed by atoms with van der Waals surface area (Å²) in [6.45, 7) is 0.712. The van der Waals surface area contributed by atoms with Gasteiger partial charge in [-0.25, -0.2) is 4.98 Å². The third-order valence-corrected chi connectivity index (χ3v) is 5.51. The molecule has 2 fully saturated rings. The number of amides is 1. The summed E-state index contributed by atoms with van der Waals surface area (Å²) in [5, 5.41) is 6.63. The number of nitrogens with one attached hydrogen (secondary N) is 3. The molecule has 0 bridgehead atoms. The summed E-state index contributed by atoms with van der Waals surface area (Å²) in [5.41, 5.74) is 2.09. The van der Waals surface area contributed by atoms with Crippen molar-refractivity contribution in [2.24, 2.45) is 5.92 Å². The number of rotatable bonds is 5. The maximum Gasteiger partial charge on any atom is 0.237 e. The molecule has 3 atom stereocenters. The molecule has 1 aliphatic heterocycles. The lowest BCUT2D eigenvalue weighted by atomic mass is 9.85. The predicted octanol–water partition coefficient (Wildman–Crippen LogP) is 3.38. The Bertz CT molecular complexity index is 673. The first-order valence-electron chi connectivity index (χ1n) is 9.27. The molecular weight excluding hydrogens is 371 g/mol. The molecule has 2 aliphatic rings. The molecule has 1 saturated heterocycles. The molecule has 1 saturated carbocycles. The van der Waals surface area contributed by atoms with Crippen LogP contribution in [0.3, 0.4) is 0 Å². The molecule has 4 rings (SSSR count). The minimum Gasteiger partial charge on any atom is -0.355 e. The number of carbonyl (C=O) groups is 1. The molecule has 1 aliphatic carbocycles. The van der Waals surface area contributed by atoms with E-state index in [1.54, 1.807) is 0 Å². The Morgan fingerprint density at radius 1 is 1.19 bits per heavy atom. The van der Waals surface area contributed by atoms with Gasteiger partial charge in [-0.05, 0) is 43.7 Å². The Labute approximate surface area is 166 Å². The highest BCUT2D eigenvalue weighted by atomic mass is 35.5. The molecule has 7 heteroatoms. The van der Waals surface area contributed by atoms with E-state index in [1.165, 1.54) is 25.7 Å². The van der Waals surface area contributed by atoms with Gasteiger partial charge in [-0.1, -0.05) is 25.0 Å². The Morgan fingerprint density at radius 3 is 2.81 bits per heavy atom. The number of halogens is 2. The van der Waals surface area contributed by atoms with Gasteiger partial charge >= 0.3 is 0 Å². The fourth-order valence-corrected chi connectivity index (χ4v) is 4.24. The van der Waals surface area contributed by atoms with Crippen molar-refractivity contribution in [2.75, 3.05) is 6.54 Å². The van der Waals surface area contributed by atoms with Gasteiger partial charge in [0.15, 0.2) is 0 Å². The van der Waals surface area contributed by atoms with Crippen LogP contribution < -0.4 is 10.6 Å². The van der Waals surface area contributed by atoms with Crippen molar-refractivity contribution in [3.8, 4) is 0 Å². The van der Waals surface area contributed by atoms with Crippen LogP contribution in [0, 0.1) is 5.92 Å². The largest absolute Gasteiger partial charge is 0.355 e. The summed E-state index contributed by atoms with van der Waals surface area (Å²) in [6.07, 6.45) is 7.94. The van der Waals surface area contributed by atoms with Gasteiger partial charge in [0, 0.05) is 19.0 Å². The van der Waals surface area contributed by atoms with Gasteiger partial charge in [0.1, 0.15) is 5.82 Å². The lowest BCUT2D eigenvalue weighted by Gasteiger charge is -2.24. The van der Waals surface area contributed by atoms with Crippen LogP contribution in [-0.4, -0.2) is 34.5 Å². The van der Waals surface area contributed by atoms with Gasteiger partial charge in [-0.2, -0.15) is 0 Å². The van der Waals surface area contributed by atoms with Gasteiger partial charge in [0.25, 0.3) is 0 Å². The van der Waals surface area contributed by atoms with Gasteiger partial charge < -0.3 is 15.6 Å². The normalized spacial score (nSPS) is 24.4. The van der Waals surface area contributed by atoms with Crippen LogP contribution in [0.4, 0.5) is 0 Å². The summed E-state index contributed by atoms with van der Waals surface area (Å²) in [7, 11) is 0. The fraction of sp³-hybridized carbons (Fsp3) is 0.579. The monoisotopic (exact) mass is 398 g/mol. The van der Waals surface area contributed by atoms with Crippen molar-refractivity contribution in [2.45, 2.75) is 57.0 Å². The quantitative estimate of drug-likeness (QED) is 0.676. The molecule has 2 aromatic rings. The van der Waals surface area contributed by atoms with E-state index in [9.17, 15) is 4.79 Å². The SMILES string of the molecule is Cl.Cl.O=C(NCCCc1nc2ccccc2[nH]1)C1CC2CCCCC2N1. The average molecular weight is 399 g/mol. The second kappa shape index (κ2) is 9.58. The number of aryl methyl sites for hydroxylation is 1. The van der Waals surface area contributed by atoms with Gasteiger partial charge in [0.05, 0.1) is 17.1 Å². The summed E-state index contributed by atoms with van der Waals surface area (Å²) >= 11 is 0. The van der Waals surface area contributed by atoms with E-state index in [0.717, 1.165) is 36.1 Å². The van der Waals surface area contributed by atoms with E-state index in [-0.39, 0.29) is 36.8 Å². The lowest BCUT2D eigenvalue weighted by Crippen LogP contribution is -2.43. The molecule has 1 aromatic carbocycles. The lowest BCUT2D eigenvalue weighted by molar-refractivity contribution is -0.122. The second-order valence-electron chi connectivity index (χ2n) is 7.20. The Balaban J connectivity index is 0.00000121. The number of aromatic nitrogens is 2. The van der Waals surface area contributed by atoms with E-state index in [1.807, 2.05) is 24.3 Å². The Kier molecular flexibility index (Phi) is 7.74. The molecule has 1 aromatic heterocycles. The van der Waals surface area contributed by atoms with E-state index in [0.29, 0.717) is 18.5 Å². The number of H-pyrrole nitrogens is 1. The van der Waals surface area contributed by atoms with Gasteiger partial charge in [0.2, 0.25) is 5.91 Å². The van der Waals surface area contributed by atoms with Gasteiger partial charge in [-0.15, -0.1) is 24.8 Å². The zero-order valence-corrected chi connectivity index (χ0v) is 16.5. The number of carbonyl (C=O) groups excluding carboxylic acids is 1. The Hall–Kier alpha value is -1.30. The van der Waals surface area contributed by atoms with Crippen LogP contribution in [0.5, 0.6) is 0 Å². The molecule has 26 heavy (non-hydrogen) atoms. The van der Waals surface area contributed by atoms with E-state index < -0.39 is 0 Å². The van der Waals surface area contributed by atoms with Crippen molar-refractivity contribution in [1.82, 2.24) is 20.6 Å². The minimum atomic E-state index is 0. The highest BCUT2D eigenvalue weighted by Gasteiger charge is 2.37. The number of imidazole rings is 1. The molecular formula is C19H28Cl2N4O. The fourth-order valence-electron chi connectivity index (χ4n) is 4.24. The third-order valence-electron chi connectivity index (χ3n) is 5.51. The Morgan fingerprint density at radius 2 is 2.00 bits per heavy atom.